The van der Waals surface area contributed by atoms with Gasteiger partial charge in [-0.05, 0) is 24.7 Å². The highest BCUT2D eigenvalue weighted by atomic mass is 32.1. The van der Waals surface area contributed by atoms with Gasteiger partial charge in [0.2, 0.25) is 0 Å². The molecule has 2 atom stereocenters. The number of anilines is 1. The second kappa shape index (κ2) is 5.28. The van der Waals surface area contributed by atoms with Crippen molar-refractivity contribution in [1.82, 2.24) is 4.98 Å². The van der Waals surface area contributed by atoms with E-state index in [0.29, 0.717) is 6.04 Å². The molecule has 1 N–H and O–H groups in total. The number of thiazole rings is 1. The van der Waals surface area contributed by atoms with Crippen LogP contribution in [0.4, 0.5) is 5.13 Å². The van der Waals surface area contributed by atoms with Gasteiger partial charge in [0.15, 0.2) is 5.13 Å². The molecular formula is C15H24N2O2S. The normalized spacial score (nSPS) is 29.3. The molecule has 1 aliphatic heterocycles. The summed E-state index contributed by atoms with van der Waals surface area (Å²) < 4.78 is 5.57. The van der Waals surface area contributed by atoms with Gasteiger partial charge in [-0.1, -0.05) is 32.1 Å². The average molecular weight is 296 g/mol. The van der Waals surface area contributed by atoms with Crippen LogP contribution in [0.15, 0.2) is 0 Å². The van der Waals surface area contributed by atoms with E-state index in [0.717, 1.165) is 54.7 Å². The first-order chi connectivity index (χ1) is 9.50. The molecule has 0 saturated carbocycles. The molecule has 3 rings (SSSR count). The lowest BCUT2D eigenvalue weighted by Gasteiger charge is -2.34. The smallest absolute Gasteiger partial charge is 0.186 e. The average Bonchev–Trinajstić information content (AvgIpc) is 2.81. The minimum Gasteiger partial charge on any atom is -0.387 e. The summed E-state index contributed by atoms with van der Waals surface area (Å²) in [5.41, 5.74) is 1.25. The van der Waals surface area contributed by atoms with Crippen LogP contribution in [-0.4, -0.2) is 35.9 Å². The number of aromatic nitrogens is 1. The Morgan fingerprint density at radius 1 is 1.50 bits per heavy atom. The lowest BCUT2D eigenvalue weighted by atomic mass is 9.77. The van der Waals surface area contributed by atoms with E-state index in [1.54, 1.807) is 11.3 Å². The van der Waals surface area contributed by atoms with Crippen LogP contribution in [-0.2, 0) is 11.2 Å². The number of aliphatic hydroxyl groups excluding tert-OH is 1. The minimum atomic E-state index is -0.346. The Hall–Kier alpha value is -0.650. The number of hydrogen-bond acceptors (Lipinski definition) is 5. The van der Waals surface area contributed by atoms with Gasteiger partial charge in [0.1, 0.15) is 0 Å². The van der Waals surface area contributed by atoms with E-state index in [1.807, 2.05) is 0 Å². The highest BCUT2D eigenvalue weighted by molar-refractivity contribution is 7.15. The molecule has 0 radical (unpaired) electrons. The van der Waals surface area contributed by atoms with Crippen LogP contribution in [0.25, 0.3) is 0 Å². The molecule has 20 heavy (non-hydrogen) atoms. The van der Waals surface area contributed by atoms with E-state index in [9.17, 15) is 5.11 Å². The van der Waals surface area contributed by atoms with Crippen LogP contribution in [0.5, 0.6) is 0 Å². The Bertz CT molecular complexity index is 486. The van der Waals surface area contributed by atoms with Gasteiger partial charge in [-0.15, -0.1) is 0 Å². The third-order valence-corrected chi connectivity index (χ3v) is 5.59. The van der Waals surface area contributed by atoms with E-state index in [2.05, 4.69) is 25.7 Å². The standard InChI is InChI=1S/C15H24N2O2S/c1-4-10-9-19-6-5-17(10)14-16-11-7-15(2,3)8-12(18)13(11)20-14/h10,12,18H,4-9H2,1-3H3. The molecule has 2 aliphatic rings. The lowest BCUT2D eigenvalue weighted by molar-refractivity contribution is 0.0928. The second-order valence-corrected chi connectivity index (χ2v) is 7.71. The Kier molecular flexibility index (Phi) is 3.77. The molecule has 5 heteroatoms. The van der Waals surface area contributed by atoms with Crippen molar-refractivity contribution in [3.63, 3.8) is 0 Å². The quantitative estimate of drug-likeness (QED) is 0.911. The Balaban J connectivity index is 1.89. The summed E-state index contributed by atoms with van der Waals surface area (Å²) in [6, 6.07) is 0.418. The highest BCUT2D eigenvalue weighted by Gasteiger charge is 2.35. The topological polar surface area (TPSA) is 45.6 Å². The van der Waals surface area contributed by atoms with E-state index in [4.69, 9.17) is 9.72 Å². The van der Waals surface area contributed by atoms with Crippen LogP contribution < -0.4 is 4.90 Å². The van der Waals surface area contributed by atoms with Crippen molar-refractivity contribution >= 4 is 16.5 Å². The molecule has 0 aromatic carbocycles. The molecule has 1 aromatic rings. The van der Waals surface area contributed by atoms with Gasteiger partial charge >= 0.3 is 0 Å². The summed E-state index contributed by atoms with van der Waals surface area (Å²) in [6.07, 6.45) is 2.53. The number of nitrogens with zero attached hydrogens (tertiary/aromatic N) is 2. The van der Waals surface area contributed by atoms with Gasteiger partial charge in [0.05, 0.1) is 35.9 Å². The van der Waals surface area contributed by atoms with E-state index >= 15 is 0 Å². The maximum absolute atomic E-state index is 10.4. The molecule has 1 fully saturated rings. The summed E-state index contributed by atoms with van der Waals surface area (Å²) in [5.74, 6) is 0. The van der Waals surface area contributed by atoms with Gasteiger partial charge in [0.25, 0.3) is 0 Å². The van der Waals surface area contributed by atoms with Crippen molar-refractivity contribution in [1.29, 1.82) is 0 Å². The van der Waals surface area contributed by atoms with Crippen LogP contribution in [0, 0.1) is 5.41 Å². The first-order valence-electron chi connectivity index (χ1n) is 7.52. The highest BCUT2D eigenvalue weighted by Crippen LogP contribution is 2.45. The second-order valence-electron chi connectivity index (χ2n) is 6.70. The number of rotatable bonds is 2. The largest absolute Gasteiger partial charge is 0.387 e. The number of morpholine rings is 1. The van der Waals surface area contributed by atoms with Crippen LogP contribution >= 0.6 is 11.3 Å². The third kappa shape index (κ3) is 2.59. The van der Waals surface area contributed by atoms with Crippen LogP contribution in [0.3, 0.4) is 0 Å². The zero-order chi connectivity index (χ0) is 14.3. The molecule has 1 aromatic heterocycles. The monoisotopic (exact) mass is 296 g/mol. The van der Waals surface area contributed by atoms with Gasteiger partial charge in [0, 0.05) is 6.54 Å². The molecule has 2 unspecified atom stereocenters. The maximum Gasteiger partial charge on any atom is 0.186 e. The van der Waals surface area contributed by atoms with Crippen molar-refractivity contribution in [3.8, 4) is 0 Å². The summed E-state index contributed by atoms with van der Waals surface area (Å²) >= 11 is 1.68. The Morgan fingerprint density at radius 2 is 2.30 bits per heavy atom. The van der Waals surface area contributed by atoms with Gasteiger partial charge < -0.3 is 14.7 Å². The van der Waals surface area contributed by atoms with Crippen LogP contribution in [0.1, 0.15) is 50.3 Å². The molecule has 0 amide bonds. The molecule has 0 spiro atoms. The minimum absolute atomic E-state index is 0.146. The van der Waals surface area contributed by atoms with Crippen molar-refractivity contribution in [2.75, 3.05) is 24.7 Å². The molecule has 112 valence electrons. The fourth-order valence-corrected chi connectivity index (χ4v) is 4.41. The van der Waals surface area contributed by atoms with Gasteiger partial charge in [-0.2, -0.15) is 0 Å². The van der Waals surface area contributed by atoms with E-state index in [1.165, 1.54) is 0 Å². The predicted octanol–water partition coefficient (Wildman–Crippen LogP) is 2.76. The zero-order valence-electron chi connectivity index (χ0n) is 12.6. The van der Waals surface area contributed by atoms with Crippen molar-refractivity contribution < 1.29 is 9.84 Å². The summed E-state index contributed by atoms with van der Waals surface area (Å²) in [5, 5.41) is 11.4. The maximum atomic E-state index is 10.4. The molecule has 4 nitrogen and oxygen atoms in total. The van der Waals surface area contributed by atoms with Crippen LogP contribution in [0.2, 0.25) is 0 Å². The fraction of sp³-hybridized carbons (Fsp3) is 0.800. The predicted molar refractivity (Wildman–Crippen MR) is 81.4 cm³/mol. The van der Waals surface area contributed by atoms with E-state index in [-0.39, 0.29) is 11.5 Å². The SMILES string of the molecule is CCC1COCCN1c1nc2c(s1)C(O)CC(C)(C)C2. The first-order valence-corrected chi connectivity index (χ1v) is 8.34. The summed E-state index contributed by atoms with van der Waals surface area (Å²) in [6.45, 7) is 9.08. The Labute approximate surface area is 124 Å². The lowest BCUT2D eigenvalue weighted by Crippen LogP contribution is -2.45. The summed E-state index contributed by atoms with van der Waals surface area (Å²) in [7, 11) is 0. The third-order valence-electron chi connectivity index (χ3n) is 4.36. The van der Waals surface area contributed by atoms with Gasteiger partial charge in [-0.3, -0.25) is 0 Å². The number of fused-ring (bicyclic) bond motifs is 1. The van der Waals surface area contributed by atoms with E-state index < -0.39 is 0 Å². The Morgan fingerprint density at radius 3 is 3.05 bits per heavy atom. The molecule has 1 aliphatic carbocycles. The molecule has 0 bridgehead atoms. The number of aliphatic hydroxyl groups is 1. The first kappa shape index (κ1) is 14.3. The fourth-order valence-electron chi connectivity index (χ4n) is 3.25. The van der Waals surface area contributed by atoms with Gasteiger partial charge in [-0.25, -0.2) is 4.98 Å². The summed E-state index contributed by atoms with van der Waals surface area (Å²) in [4.78, 5) is 8.30. The molecule has 2 heterocycles. The number of ether oxygens (including phenoxy) is 1. The zero-order valence-corrected chi connectivity index (χ0v) is 13.4. The van der Waals surface area contributed by atoms with Crippen molar-refractivity contribution in [2.45, 2.75) is 52.2 Å². The van der Waals surface area contributed by atoms with Crippen molar-refractivity contribution in [2.24, 2.45) is 5.41 Å². The molecular weight excluding hydrogens is 272 g/mol. The molecule has 1 saturated heterocycles. The van der Waals surface area contributed by atoms with Crippen molar-refractivity contribution in [3.05, 3.63) is 10.6 Å². The number of hydrogen-bond donors (Lipinski definition) is 1.